The van der Waals surface area contributed by atoms with Gasteiger partial charge in [0.05, 0.1) is 33.8 Å². The Kier molecular flexibility index (Phi) is 4.45. The largest absolute Gasteiger partial charge is 0.396 e. The molecule has 0 spiro atoms. The monoisotopic (exact) mass is 443 g/mol. The maximum absolute atomic E-state index is 6.90. The summed E-state index contributed by atoms with van der Waals surface area (Å²) in [5, 5.41) is 0.993. The smallest absolute Gasteiger partial charge is 0.112 e. The minimum absolute atomic E-state index is 0.612. The van der Waals surface area contributed by atoms with Gasteiger partial charge in [0.1, 0.15) is 5.52 Å². The van der Waals surface area contributed by atoms with Crippen molar-refractivity contribution in [1.29, 1.82) is 0 Å². The Morgan fingerprint density at radius 1 is 0.618 bits per heavy atom. The Labute approximate surface area is 197 Å². The molecule has 0 aliphatic carbocycles. The van der Waals surface area contributed by atoms with Crippen molar-refractivity contribution in [2.75, 3.05) is 11.5 Å². The molecule has 0 amide bonds. The summed E-state index contributed by atoms with van der Waals surface area (Å²) in [6, 6.07) is 29.1. The lowest BCUT2D eigenvalue weighted by atomic mass is 10.1. The van der Waals surface area contributed by atoms with Crippen molar-refractivity contribution >= 4 is 33.3 Å². The van der Waals surface area contributed by atoms with Crippen LogP contribution in [0.2, 0.25) is 0 Å². The summed E-state index contributed by atoms with van der Waals surface area (Å²) in [7, 11) is 0. The van der Waals surface area contributed by atoms with E-state index in [1.54, 1.807) is 6.20 Å². The van der Waals surface area contributed by atoms with E-state index in [4.69, 9.17) is 11.5 Å². The fourth-order valence-electron chi connectivity index (χ4n) is 4.94. The van der Waals surface area contributed by atoms with Crippen molar-refractivity contribution in [3.8, 4) is 22.8 Å². The van der Waals surface area contributed by atoms with Gasteiger partial charge in [0.2, 0.25) is 0 Å². The number of fused-ring (bicyclic) bond motifs is 2. The van der Waals surface area contributed by atoms with Gasteiger partial charge in [-0.1, -0.05) is 42.5 Å². The number of anilines is 2. The second kappa shape index (κ2) is 7.52. The van der Waals surface area contributed by atoms with Crippen LogP contribution in [0.1, 0.15) is 11.1 Å². The lowest BCUT2D eigenvalue weighted by Gasteiger charge is -2.16. The van der Waals surface area contributed by atoms with Crippen LogP contribution < -0.4 is 11.5 Å². The molecule has 3 heterocycles. The van der Waals surface area contributed by atoms with Gasteiger partial charge in [0, 0.05) is 23.0 Å². The SMILES string of the molecule is Cc1cccc(-n2c(-c3c(N)c4ncccc4n3-c3cccc(C)c3)c(N)c3ccccc32)c1. The molecule has 0 bridgehead atoms. The van der Waals surface area contributed by atoms with Crippen molar-refractivity contribution in [2.24, 2.45) is 0 Å². The molecule has 0 fully saturated rings. The summed E-state index contributed by atoms with van der Waals surface area (Å²) in [6.45, 7) is 4.19. The van der Waals surface area contributed by atoms with Gasteiger partial charge >= 0.3 is 0 Å². The molecule has 6 rings (SSSR count). The molecule has 5 heteroatoms. The lowest BCUT2D eigenvalue weighted by Crippen LogP contribution is -2.05. The summed E-state index contributed by atoms with van der Waals surface area (Å²) in [6.07, 6.45) is 1.78. The van der Waals surface area contributed by atoms with Crippen LogP contribution in [0.25, 0.3) is 44.7 Å². The minimum atomic E-state index is 0.612. The van der Waals surface area contributed by atoms with Crippen molar-refractivity contribution in [3.05, 3.63) is 102 Å². The van der Waals surface area contributed by atoms with Gasteiger partial charge < -0.3 is 20.6 Å². The summed E-state index contributed by atoms with van der Waals surface area (Å²) in [4.78, 5) is 4.64. The number of hydrogen-bond donors (Lipinski definition) is 2. The fraction of sp³-hybridized carbons (Fsp3) is 0.0690. The Morgan fingerprint density at radius 3 is 1.88 bits per heavy atom. The number of para-hydroxylation sites is 1. The number of nitrogens with zero attached hydrogens (tertiary/aromatic N) is 3. The fourth-order valence-corrected chi connectivity index (χ4v) is 4.94. The predicted octanol–water partition coefficient (Wildman–Crippen LogP) is 6.42. The molecule has 34 heavy (non-hydrogen) atoms. The number of aromatic nitrogens is 3. The molecule has 0 saturated heterocycles. The highest BCUT2D eigenvalue weighted by atomic mass is 15.1. The van der Waals surface area contributed by atoms with Crippen LogP contribution in [0.5, 0.6) is 0 Å². The molecule has 0 aliphatic rings. The molecular formula is C29H25N5. The van der Waals surface area contributed by atoms with Crippen molar-refractivity contribution in [1.82, 2.24) is 14.1 Å². The van der Waals surface area contributed by atoms with Crippen LogP contribution >= 0.6 is 0 Å². The summed E-state index contributed by atoms with van der Waals surface area (Å²) >= 11 is 0. The molecule has 4 N–H and O–H groups in total. The number of pyridine rings is 1. The van der Waals surface area contributed by atoms with Gasteiger partial charge in [-0.3, -0.25) is 4.98 Å². The first-order valence-electron chi connectivity index (χ1n) is 11.3. The van der Waals surface area contributed by atoms with Crippen molar-refractivity contribution < 1.29 is 0 Å². The van der Waals surface area contributed by atoms with E-state index in [2.05, 4.69) is 94.7 Å². The molecule has 3 aromatic heterocycles. The Bertz CT molecular complexity index is 1580. The minimum Gasteiger partial charge on any atom is -0.396 e. The van der Waals surface area contributed by atoms with Gasteiger partial charge in [-0.2, -0.15) is 0 Å². The average Bonchev–Trinajstić information content (AvgIpc) is 3.30. The van der Waals surface area contributed by atoms with Gasteiger partial charge in [0.25, 0.3) is 0 Å². The first-order valence-corrected chi connectivity index (χ1v) is 11.3. The third-order valence-corrected chi connectivity index (χ3v) is 6.42. The lowest BCUT2D eigenvalue weighted by molar-refractivity contribution is 1.07. The van der Waals surface area contributed by atoms with Crippen LogP contribution in [0.15, 0.2) is 91.1 Å². The predicted molar refractivity (Wildman–Crippen MR) is 142 cm³/mol. The highest BCUT2D eigenvalue weighted by molar-refractivity contribution is 6.08. The molecular weight excluding hydrogens is 418 g/mol. The zero-order valence-corrected chi connectivity index (χ0v) is 19.2. The zero-order chi connectivity index (χ0) is 23.4. The summed E-state index contributed by atoms with van der Waals surface area (Å²) in [5.74, 6) is 0. The van der Waals surface area contributed by atoms with Gasteiger partial charge in [-0.05, 0) is 67.4 Å². The third-order valence-electron chi connectivity index (χ3n) is 6.42. The molecule has 0 unspecified atom stereocenters. The molecule has 5 nitrogen and oxygen atoms in total. The number of benzene rings is 3. The highest BCUT2D eigenvalue weighted by Crippen LogP contribution is 2.45. The number of hydrogen-bond acceptors (Lipinski definition) is 3. The van der Waals surface area contributed by atoms with E-state index < -0.39 is 0 Å². The van der Waals surface area contributed by atoms with Crippen LogP contribution in [0.4, 0.5) is 11.4 Å². The van der Waals surface area contributed by atoms with E-state index >= 15 is 0 Å². The van der Waals surface area contributed by atoms with Gasteiger partial charge in [-0.15, -0.1) is 0 Å². The van der Waals surface area contributed by atoms with E-state index in [1.165, 1.54) is 11.1 Å². The van der Waals surface area contributed by atoms with E-state index in [1.807, 2.05) is 18.2 Å². The quantitative estimate of drug-likeness (QED) is 0.331. The van der Waals surface area contributed by atoms with Crippen molar-refractivity contribution in [3.63, 3.8) is 0 Å². The zero-order valence-electron chi connectivity index (χ0n) is 19.2. The first kappa shape index (κ1) is 20.1. The second-order valence-electron chi connectivity index (χ2n) is 8.76. The van der Waals surface area contributed by atoms with E-state index in [0.717, 1.165) is 44.7 Å². The molecule has 0 aliphatic heterocycles. The Morgan fingerprint density at radius 2 is 1.21 bits per heavy atom. The van der Waals surface area contributed by atoms with Crippen LogP contribution in [-0.2, 0) is 0 Å². The molecule has 6 aromatic rings. The average molecular weight is 444 g/mol. The second-order valence-corrected chi connectivity index (χ2v) is 8.76. The van der Waals surface area contributed by atoms with Crippen molar-refractivity contribution in [2.45, 2.75) is 13.8 Å². The Balaban J connectivity index is 1.82. The summed E-state index contributed by atoms with van der Waals surface area (Å²) < 4.78 is 4.40. The molecule has 166 valence electrons. The third kappa shape index (κ3) is 2.90. The maximum Gasteiger partial charge on any atom is 0.112 e. The van der Waals surface area contributed by atoms with Gasteiger partial charge in [-0.25, -0.2) is 0 Å². The number of rotatable bonds is 3. The number of nitrogens with two attached hydrogens (primary N) is 2. The molecule has 0 radical (unpaired) electrons. The van der Waals surface area contributed by atoms with E-state index in [-0.39, 0.29) is 0 Å². The molecule has 0 saturated carbocycles. The topological polar surface area (TPSA) is 74.8 Å². The number of aryl methyl sites for hydroxylation is 2. The van der Waals surface area contributed by atoms with E-state index in [0.29, 0.717) is 11.4 Å². The molecule has 3 aromatic carbocycles. The normalized spacial score (nSPS) is 11.5. The Hall–Kier alpha value is -4.51. The molecule has 0 atom stereocenters. The van der Waals surface area contributed by atoms with Crippen LogP contribution in [0.3, 0.4) is 0 Å². The summed E-state index contributed by atoms with van der Waals surface area (Å²) in [5.41, 5.74) is 23.9. The van der Waals surface area contributed by atoms with Crippen LogP contribution in [0, 0.1) is 13.8 Å². The highest BCUT2D eigenvalue weighted by Gasteiger charge is 2.26. The first-order chi connectivity index (χ1) is 16.5. The maximum atomic E-state index is 6.90. The standard InChI is InChI=1S/C29H25N5/c1-18-8-5-10-20(16-18)33-23-13-4-3-12-22(23)25(30)28(33)29-26(31)27-24(14-7-15-32-27)34(29)21-11-6-9-19(2)17-21/h3-17H,30-31H2,1-2H3. The van der Waals surface area contributed by atoms with Gasteiger partial charge in [0.15, 0.2) is 0 Å². The van der Waals surface area contributed by atoms with Crippen LogP contribution in [-0.4, -0.2) is 14.1 Å². The number of nitrogen functional groups attached to an aromatic ring is 2. The van der Waals surface area contributed by atoms with E-state index in [9.17, 15) is 0 Å².